The van der Waals surface area contributed by atoms with E-state index >= 15 is 0 Å². The Kier molecular flexibility index (Phi) is 6.17. The zero-order chi connectivity index (χ0) is 19.6. The number of piperidine rings is 1. The number of amides is 2. The number of piperazine rings is 1. The fourth-order valence-corrected chi connectivity index (χ4v) is 5.00. The monoisotopic (exact) mass is 409 g/mol. The SMILES string of the molecule is CN1CCN(Cc2nc(C3(O)CCN(C(=O)N4CCOCC4)CC3)cs2)CC1. The molecule has 0 spiro atoms. The summed E-state index contributed by atoms with van der Waals surface area (Å²) in [5.74, 6) is 0. The van der Waals surface area contributed by atoms with E-state index in [4.69, 9.17) is 9.72 Å². The fourth-order valence-electron chi connectivity index (χ4n) is 4.07. The van der Waals surface area contributed by atoms with Gasteiger partial charge in [0.1, 0.15) is 10.6 Å². The lowest BCUT2D eigenvalue weighted by Crippen LogP contribution is -2.52. The van der Waals surface area contributed by atoms with E-state index in [2.05, 4.69) is 16.8 Å². The number of thiazole rings is 1. The van der Waals surface area contributed by atoms with E-state index in [0.717, 1.165) is 43.4 Å². The maximum Gasteiger partial charge on any atom is 0.320 e. The van der Waals surface area contributed by atoms with Crippen LogP contribution in [0.25, 0.3) is 0 Å². The Bertz CT molecular complexity index is 662. The predicted molar refractivity (Wildman–Crippen MR) is 107 cm³/mol. The van der Waals surface area contributed by atoms with Gasteiger partial charge in [-0.2, -0.15) is 0 Å². The van der Waals surface area contributed by atoms with Gasteiger partial charge < -0.3 is 24.5 Å². The van der Waals surface area contributed by atoms with Crippen molar-refractivity contribution in [3.63, 3.8) is 0 Å². The summed E-state index contributed by atoms with van der Waals surface area (Å²) < 4.78 is 5.32. The van der Waals surface area contributed by atoms with E-state index in [1.807, 2.05) is 15.2 Å². The van der Waals surface area contributed by atoms with Gasteiger partial charge in [-0.15, -0.1) is 11.3 Å². The van der Waals surface area contributed by atoms with Gasteiger partial charge in [-0.25, -0.2) is 9.78 Å². The maximum atomic E-state index is 12.6. The summed E-state index contributed by atoms with van der Waals surface area (Å²) in [5.41, 5.74) is -0.140. The number of hydrogen-bond donors (Lipinski definition) is 1. The van der Waals surface area contributed by atoms with Crippen LogP contribution in [0.5, 0.6) is 0 Å². The van der Waals surface area contributed by atoms with Crippen LogP contribution in [0.1, 0.15) is 23.5 Å². The molecule has 0 atom stereocenters. The molecule has 8 nitrogen and oxygen atoms in total. The molecule has 4 rings (SSSR count). The van der Waals surface area contributed by atoms with Crippen LogP contribution in [0.3, 0.4) is 0 Å². The molecule has 0 unspecified atom stereocenters. The van der Waals surface area contributed by atoms with Crippen molar-refractivity contribution < 1.29 is 14.6 Å². The number of urea groups is 1. The molecule has 0 radical (unpaired) electrons. The lowest BCUT2D eigenvalue weighted by Gasteiger charge is -2.40. The minimum Gasteiger partial charge on any atom is -0.383 e. The van der Waals surface area contributed by atoms with Gasteiger partial charge in [0.2, 0.25) is 0 Å². The Balaban J connectivity index is 1.31. The van der Waals surface area contributed by atoms with Gasteiger partial charge in [-0.05, 0) is 19.9 Å². The van der Waals surface area contributed by atoms with Gasteiger partial charge >= 0.3 is 6.03 Å². The first-order chi connectivity index (χ1) is 13.5. The largest absolute Gasteiger partial charge is 0.383 e. The third-order valence-electron chi connectivity index (χ3n) is 6.13. The Labute approximate surface area is 170 Å². The molecule has 3 aliphatic heterocycles. The second-order valence-electron chi connectivity index (χ2n) is 8.11. The minimum absolute atomic E-state index is 0.0689. The van der Waals surface area contributed by atoms with Crippen molar-refractivity contribution in [2.24, 2.45) is 0 Å². The summed E-state index contributed by atoms with van der Waals surface area (Å²) in [5, 5.41) is 14.2. The number of nitrogens with zero attached hydrogens (tertiary/aromatic N) is 5. The van der Waals surface area contributed by atoms with Crippen LogP contribution < -0.4 is 0 Å². The Morgan fingerprint density at radius 2 is 1.75 bits per heavy atom. The van der Waals surface area contributed by atoms with Crippen molar-refractivity contribution in [3.05, 3.63) is 16.1 Å². The Morgan fingerprint density at radius 1 is 1.11 bits per heavy atom. The molecule has 0 saturated carbocycles. The average Bonchev–Trinajstić information content (AvgIpc) is 3.20. The molecule has 2 amide bonds. The first kappa shape index (κ1) is 20.0. The summed E-state index contributed by atoms with van der Waals surface area (Å²) in [6.07, 6.45) is 1.08. The number of likely N-dealkylation sites (tertiary alicyclic amines) is 1. The first-order valence-electron chi connectivity index (χ1n) is 10.2. The van der Waals surface area contributed by atoms with Gasteiger partial charge in [-0.3, -0.25) is 4.90 Å². The summed E-state index contributed by atoms with van der Waals surface area (Å²) in [7, 11) is 2.16. The molecule has 0 aliphatic carbocycles. The summed E-state index contributed by atoms with van der Waals surface area (Å²) in [6.45, 7) is 8.83. The molecule has 1 N–H and O–H groups in total. The van der Waals surface area contributed by atoms with Crippen LogP contribution >= 0.6 is 11.3 Å². The highest BCUT2D eigenvalue weighted by Gasteiger charge is 2.38. The number of morpholine rings is 1. The zero-order valence-corrected chi connectivity index (χ0v) is 17.5. The van der Waals surface area contributed by atoms with Crippen LogP contribution in [0.2, 0.25) is 0 Å². The summed E-state index contributed by atoms with van der Waals surface area (Å²) in [6, 6.07) is 0.0689. The van der Waals surface area contributed by atoms with Crippen molar-refractivity contribution in [2.45, 2.75) is 25.0 Å². The molecule has 3 aliphatic rings. The molecule has 0 bridgehead atoms. The predicted octanol–water partition coefficient (Wildman–Crippen LogP) is 0.626. The molecular formula is C19H31N5O3S. The Hall–Kier alpha value is -1.26. The molecule has 28 heavy (non-hydrogen) atoms. The van der Waals surface area contributed by atoms with Crippen molar-refractivity contribution in [1.82, 2.24) is 24.6 Å². The van der Waals surface area contributed by atoms with E-state index < -0.39 is 5.60 Å². The van der Waals surface area contributed by atoms with Crippen molar-refractivity contribution in [3.8, 4) is 0 Å². The van der Waals surface area contributed by atoms with Crippen LogP contribution in [-0.4, -0.2) is 108 Å². The molecular weight excluding hydrogens is 378 g/mol. The highest BCUT2D eigenvalue weighted by Crippen LogP contribution is 2.34. The number of ether oxygens (including phenoxy) is 1. The lowest BCUT2D eigenvalue weighted by molar-refractivity contribution is -0.0266. The molecule has 156 valence electrons. The van der Waals surface area contributed by atoms with Gasteiger partial charge in [-0.1, -0.05) is 0 Å². The highest BCUT2D eigenvalue weighted by atomic mass is 32.1. The second kappa shape index (κ2) is 8.62. The lowest BCUT2D eigenvalue weighted by atomic mass is 9.89. The van der Waals surface area contributed by atoms with Crippen molar-refractivity contribution in [2.75, 3.05) is 72.6 Å². The fraction of sp³-hybridized carbons (Fsp3) is 0.789. The maximum absolute atomic E-state index is 12.6. The number of carbonyl (C=O) groups is 1. The van der Waals surface area contributed by atoms with Gasteiger partial charge in [0, 0.05) is 57.7 Å². The molecule has 3 fully saturated rings. The van der Waals surface area contributed by atoms with Crippen molar-refractivity contribution >= 4 is 17.4 Å². The normalized spacial score (nSPS) is 24.5. The van der Waals surface area contributed by atoms with E-state index in [0.29, 0.717) is 52.2 Å². The van der Waals surface area contributed by atoms with Crippen LogP contribution in [-0.2, 0) is 16.9 Å². The van der Waals surface area contributed by atoms with Crippen LogP contribution in [0.15, 0.2) is 5.38 Å². The first-order valence-corrected chi connectivity index (χ1v) is 11.1. The topological polar surface area (TPSA) is 72.4 Å². The van der Waals surface area contributed by atoms with E-state index in [1.165, 1.54) is 0 Å². The smallest absolute Gasteiger partial charge is 0.320 e. The number of likely N-dealkylation sites (N-methyl/N-ethyl adjacent to an activating group) is 1. The second-order valence-corrected chi connectivity index (χ2v) is 9.05. The van der Waals surface area contributed by atoms with Crippen LogP contribution in [0, 0.1) is 0 Å². The van der Waals surface area contributed by atoms with E-state index in [1.54, 1.807) is 11.3 Å². The number of rotatable bonds is 3. The number of carbonyl (C=O) groups excluding carboxylic acids is 1. The number of aromatic nitrogens is 1. The molecule has 3 saturated heterocycles. The average molecular weight is 410 g/mol. The standard InChI is InChI=1S/C19H31N5O3S/c1-21-6-8-22(9-7-21)14-17-20-16(15-28-17)19(26)2-4-23(5-3-19)18(25)24-10-12-27-13-11-24/h15,26H,2-14H2,1H3. The van der Waals surface area contributed by atoms with Gasteiger partial charge in [0.25, 0.3) is 0 Å². The van der Waals surface area contributed by atoms with E-state index in [-0.39, 0.29) is 6.03 Å². The molecule has 1 aromatic heterocycles. The minimum atomic E-state index is -0.918. The molecule has 9 heteroatoms. The zero-order valence-electron chi connectivity index (χ0n) is 16.7. The third-order valence-corrected chi connectivity index (χ3v) is 6.96. The van der Waals surface area contributed by atoms with Crippen molar-refractivity contribution in [1.29, 1.82) is 0 Å². The highest BCUT2D eigenvalue weighted by molar-refractivity contribution is 7.09. The quantitative estimate of drug-likeness (QED) is 0.789. The molecule has 4 heterocycles. The van der Waals surface area contributed by atoms with Gasteiger partial charge in [0.15, 0.2) is 0 Å². The van der Waals surface area contributed by atoms with E-state index in [9.17, 15) is 9.90 Å². The number of aliphatic hydroxyl groups is 1. The molecule has 0 aromatic carbocycles. The Morgan fingerprint density at radius 3 is 2.43 bits per heavy atom. The van der Waals surface area contributed by atoms with Gasteiger partial charge in [0.05, 0.1) is 25.5 Å². The molecule has 1 aromatic rings. The van der Waals surface area contributed by atoms with Crippen LogP contribution in [0.4, 0.5) is 4.79 Å². The third kappa shape index (κ3) is 4.49. The summed E-state index contributed by atoms with van der Waals surface area (Å²) >= 11 is 1.64. The number of hydrogen-bond acceptors (Lipinski definition) is 7. The summed E-state index contributed by atoms with van der Waals surface area (Å²) in [4.78, 5) is 25.9.